The zero-order chi connectivity index (χ0) is 25.0. The maximum Gasteiger partial charge on any atom is 0.304 e. The van der Waals surface area contributed by atoms with Gasteiger partial charge in [0.25, 0.3) is 5.91 Å². The minimum Gasteiger partial charge on any atom is -0.481 e. The summed E-state index contributed by atoms with van der Waals surface area (Å²) in [5.41, 5.74) is -0.396. The minimum absolute atomic E-state index is 0.118. The van der Waals surface area contributed by atoms with E-state index in [0.29, 0.717) is 10.1 Å². The Kier molecular flexibility index (Phi) is 7.85. The standard InChI is InChI=1S/C20H24N2O9S2/c1-20(2,19(25)21-26)22(13-12-18(23)24)33(29,30)17-10-6-15(7-11-17)31-14-4-8-16(9-5-14)32(3,27)28/h4-11,26H,12-13H2,1-3H3,(H,21,25)(H,23,24). The van der Waals surface area contributed by atoms with Crippen LogP contribution in [0.1, 0.15) is 20.3 Å². The summed E-state index contributed by atoms with van der Waals surface area (Å²) < 4.78 is 55.7. The predicted molar refractivity (Wildman–Crippen MR) is 116 cm³/mol. The average molecular weight is 501 g/mol. The maximum atomic E-state index is 13.2. The van der Waals surface area contributed by atoms with Crippen LogP contribution in [0.25, 0.3) is 0 Å². The molecule has 0 aliphatic carbocycles. The molecule has 180 valence electrons. The Balaban J connectivity index is 2.32. The topological polar surface area (TPSA) is 167 Å². The van der Waals surface area contributed by atoms with Gasteiger partial charge in [-0.25, -0.2) is 22.3 Å². The molecule has 2 aromatic rings. The molecule has 0 saturated heterocycles. The van der Waals surface area contributed by atoms with E-state index in [0.717, 1.165) is 6.26 Å². The summed E-state index contributed by atoms with van der Waals surface area (Å²) in [5, 5.41) is 18.0. The van der Waals surface area contributed by atoms with Gasteiger partial charge in [-0.3, -0.25) is 14.8 Å². The Morgan fingerprint density at radius 1 is 0.939 bits per heavy atom. The van der Waals surface area contributed by atoms with Gasteiger partial charge in [0.15, 0.2) is 9.84 Å². The van der Waals surface area contributed by atoms with Crippen LogP contribution in [0.4, 0.5) is 0 Å². The molecule has 0 aromatic heterocycles. The van der Waals surface area contributed by atoms with Gasteiger partial charge < -0.3 is 9.84 Å². The van der Waals surface area contributed by atoms with Gasteiger partial charge in [-0.2, -0.15) is 4.31 Å². The molecule has 33 heavy (non-hydrogen) atoms. The molecule has 0 bridgehead atoms. The number of carboxylic acid groups (broad SMARTS) is 1. The SMILES string of the molecule is CC(C)(C(=O)NO)N(CCC(=O)O)S(=O)(=O)c1ccc(Oc2ccc(S(C)(=O)=O)cc2)cc1. The highest BCUT2D eigenvalue weighted by Crippen LogP contribution is 2.28. The van der Waals surface area contributed by atoms with Crippen molar-refractivity contribution in [3.05, 3.63) is 48.5 Å². The number of aliphatic carboxylic acids is 1. The fraction of sp³-hybridized carbons (Fsp3) is 0.300. The van der Waals surface area contributed by atoms with Gasteiger partial charge >= 0.3 is 5.97 Å². The highest BCUT2D eigenvalue weighted by atomic mass is 32.2. The summed E-state index contributed by atoms with van der Waals surface area (Å²) >= 11 is 0. The third-order valence-corrected chi connectivity index (χ3v) is 7.92. The summed E-state index contributed by atoms with van der Waals surface area (Å²) in [4.78, 5) is 23.0. The molecule has 0 unspecified atom stereocenters. The van der Waals surface area contributed by atoms with Crippen molar-refractivity contribution in [2.45, 2.75) is 35.6 Å². The van der Waals surface area contributed by atoms with E-state index < -0.39 is 50.2 Å². The van der Waals surface area contributed by atoms with Gasteiger partial charge in [0, 0.05) is 12.8 Å². The first-order valence-corrected chi connectivity index (χ1v) is 12.8. The summed E-state index contributed by atoms with van der Waals surface area (Å²) in [7, 11) is -7.71. The fourth-order valence-corrected chi connectivity index (χ4v) is 5.23. The van der Waals surface area contributed by atoms with Gasteiger partial charge in [0.2, 0.25) is 10.0 Å². The van der Waals surface area contributed by atoms with Gasteiger partial charge in [0.1, 0.15) is 17.0 Å². The van der Waals surface area contributed by atoms with Crippen molar-refractivity contribution in [1.82, 2.24) is 9.79 Å². The summed E-state index contributed by atoms with van der Waals surface area (Å²) in [6.07, 6.45) is 0.513. The molecule has 0 radical (unpaired) electrons. The number of sulfone groups is 1. The molecule has 1 amide bonds. The molecule has 0 saturated carbocycles. The first-order chi connectivity index (χ1) is 15.2. The average Bonchev–Trinajstić information content (AvgIpc) is 2.72. The molecule has 2 aromatic carbocycles. The predicted octanol–water partition coefficient (Wildman–Crippen LogP) is 1.63. The number of carboxylic acids is 1. The fourth-order valence-electron chi connectivity index (χ4n) is 2.85. The lowest BCUT2D eigenvalue weighted by atomic mass is 10.1. The van der Waals surface area contributed by atoms with Crippen LogP contribution in [0.15, 0.2) is 58.3 Å². The van der Waals surface area contributed by atoms with Gasteiger partial charge in [-0.1, -0.05) is 0 Å². The van der Waals surface area contributed by atoms with Crippen LogP contribution in [-0.2, 0) is 29.4 Å². The zero-order valence-corrected chi connectivity index (χ0v) is 19.7. The molecular weight excluding hydrogens is 476 g/mol. The van der Waals surface area contributed by atoms with E-state index in [1.165, 1.54) is 67.9 Å². The van der Waals surface area contributed by atoms with E-state index in [4.69, 9.17) is 15.1 Å². The molecule has 0 aliphatic heterocycles. The number of nitrogens with zero attached hydrogens (tertiary/aromatic N) is 1. The largest absolute Gasteiger partial charge is 0.481 e. The Labute approximate surface area is 191 Å². The van der Waals surface area contributed by atoms with E-state index in [9.17, 15) is 26.4 Å². The molecule has 2 rings (SSSR count). The van der Waals surface area contributed by atoms with E-state index in [1.54, 1.807) is 0 Å². The second-order valence-corrected chi connectivity index (χ2v) is 11.4. The van der Waals surface area contributed by atoms with Crippen LogP contribution in [-0.4, -0.2) is 61.7 Å². The van der Waals surface area contributed by atoms with Crippen LogP contribution < -0.4 is 10.2 Å². The van der Waals surface area contributed by atoms with Gasteiger partial charge in [0.05, 0.1) is 16.2 Å². The monoisotopic (exact) mass is 500 g/mol. The van der Waals surface area contributed by atoms with Crippen molar-refractivity contribution in [3.8, 4) is 11.5 Å². The number of hydrogen-bond acceptors (Lipinski definition) is 8. The van der Waals surface area contributed by atoms with Crippen molar-refractivity contribution in [3.63, 3.8) is 0 Å². The third-order valence-electron chi connectivity index (χ3n) is 4.71. The minimum atomic E-state index is -4.35. The van der Waals surface area contributed by atoms with E-state index in [1.807, 2.05) is 0 Å². The first-order valence-electron chi connectivity index (χ1n) is 9.47. The Morgan fingerprint density at radius 2 is 1.39 bits per heavy atom. The van der Waals surface area contributed by atoms with E-state index >= 15 is 0 Å². The zero-order valence-electron chi connectivity index (χ0n) is 18.0. The normalized spacial score (nSPS) is 12.4. The molecule has 0 fully saturated rings. The number of carbonyl (C=O) groups is 2. The number of carbonyl (C=O) groups excluding carboxylic acids is 1. The number of rotatable bonds is 10. The quantitative estimate of drug-likeness (QED) is 0.324. The summed E-state index contributed by atoms with van der Waals surface area (Å²) in [6, 6.07) is 10.8. The summed E-state index contributed by atoms with van der Waals surface area (Å²) in [5.74, 6) is -1.72. The number of benzene rings is 2. The molecule has 0 atom stereocenters. The number of nitrogens with one attached hydrogen (secondary N) is 1. The summed E-state index contributed by atoms with van der Waals surface area (Å²) in [6.45, 7) is 1.95. The van der Waals surface area contributed by atoms with Crippen LogP contribution in [0, 0.1) is 0 Å². The van der Waals surface area contributed by atoms with Crippen molar-refractivity contribution >= 4 is 31.7 Å². The van der Waals surface area contributed by atoms with Crippen molar-refractivity contribution < 1.29 is 41.5 Å². The molecule has 0 heterocycles. The molecule has 0 aliphatic rings. The molecule has 13 heteroatoms. The highest BCUT2D eigenvalue weighted by Gasteiger charge is 2.42. The van der Waals surface area contributed by atoms with Gasteiger partial charge in [-0.05, 0) is 62.4 Å². The molecule has 11 nitrogen and oxygen atoms in total. The van der Waals surface area contributed by atoms with Crippen molar-refractivity contribution in [2.75, 3.05) is 12.8 Å². The number of ether oxygens (including phenoxy) is 1. The number of hydrogen-bond donors (Lipinski definition) is 3. The lowest BCUT2D eigenvalue weighted by molar-refractivity contribution is -0.140. The van der Waals surface area contributed by atoms with E-state index in [2.05, 4.69) is 0 Å². The maximum absolute atomic E-state index is 13.2. The Morgan fingerprint density at radius 3 is 1.79 bits per heavy atom. The van der Waals surface area contributed by atoms with Crippen LogP contribution in [0.5, 0.6) is 11.5 Å². The van der Waals surface area contributed by atoms with Crippen molar-refractivity contribution in [1.29, 1.82) is 0 Å². The Hall–Kier alpha value is -3.00. The Bertz CT molecular complexity index is 1220. The van der Waals surface area contributed by atoms with Crippen molar-refractivity contribution in [2.24, 2.45) is 0 Å². The second kappa shape index (κ2) is 9.87. The first kappa shape index (κ1) is 26.3. The van der Waals surface area contributed by atoms with Crippen LogP contribution >= 0.6 is 0 Å². The molecule has 0 spiro atoms. The smallest absolute Gasteiger partial charge is 0.304 e. The number of hydroxylamine groups is 1. The van der Waals surface area contributed by atoms with Crippen LogP contribution in [0.2, 0.25) is 0 Å². The number of amides is 1. The molecule has 3 N–H and O–H groups in total. The number of sulfonamides is 1. The van der Waals surface area contributed by atoms with Crippen LogP contribution in [0.3, 0.4) is 0 Å². The second-order valence-electron chi connectivity index (χ2n) is 7.54. The lowest BCUT2D eigenvalue weighted by Gasteiger charge is -2.35. The lowest BCUT2D eigenvalue weighted by Crippen LogP contribution is -2.56. The molecular formula is C20H24N2O9S2. The highest BCUT2D eigenvalue weighted by molar-refractivity contribution is 7.90. The van der Waals surface area contributed by atoms with E-state index in [-0.39, 0.29) is 15.5 Å². The third kappa shape index (κ3) is 6.28. The van der Waals surface area contributed by atoms with Gasteiger partial charge in [-0.15, -0.1) is 0 Å².